The van der Waals surface area contributed by atoms with Gasteiger partial charge in [-0.25, -0.2) is 0 Å². The predicted octanol–water partition coefficient (Wildman–Crippen LogP) is 4.27. The number of carbonyl (C=O) groups is 2. The van der Waals surface area contributed by atoms with Crippen molar-refractivity contribution in [1.82, 2.24) is 5.32 Å². The van der Waals surface area contributed by atoms with E-state index in [2.05, 4.69) is 10.6 Å². The lowest BCUT2D eigenvalue weighted by Crippen LogP contribution is -2.32. The summed E-state index contributed by atoms with van der Waals surface area (Å²) >= 11 is 0. The number of para-hydroxylation sites is 1. The molecule has 2 aromatic rings. The van der Waals surface area contributed by atoms with Gasteiger partial charge in [-0.3, -0.25) is 9.59 Å². The smallest absolute Gasteiger partial charge is 0.253 e. The number of anilines is 1. The Morgan fingerprint density at radius 2 is 1.78 bits per heavy atom. The molecule has 0 saturated carbocycles. The Labute approximate surface area is 160 Å². The Hall–Kier alpha value is -3.08. The molecule has 0 fully saturated rings. The van der Waals surface area contributed by atoms with Crippen molar-refractivity contribution in [2.24, 2.45) is 0 Å². The van der Waals surface area contributed by atoms with E-state index in [0.29, 0.717) is 17.9 Å². The zero-order valence-electron chi connectivity index (χ0n) is 16.0. The lowest BCUT2D eigenvalue weighted by molar-refractivity contribution is -0.111. The second-order valence-electron chi connectivity index (χ2n) is 6.15. The summed E-state index contributed by atoms with van der Waals surface area (Å²) in [6.07, 6.45) is 4.00. The van der Waals surface area contributed by atoms with Crippen LogP contribution in [0.4, 0.5) is 5.69 Å². The van der Waals surface area contributed by atoms with E-state index in [1.54, 1.807) is 30.3 Å². The van der Waals surface area contributed by atoms with Crippen LogP contribution >= 0.6 is 0 Å². The SMILES string of the molecule is CCOc1ccc(/C=C/C(=O)Nc2ccccc2C(=O)NC(C)CC)cc1. The van der Waals surface area contributed by atoms with Crippen molar-refractivity contribution in [1.29, 1.82) is 0 Å². The van der Waals surface area contributed by atoms with Crippen LogP contribution in [-0.4, -0.2) is 24.5 Å². The first-order chi connectivity index (χ1) is 13.0. The molecule has 142 valence electrons. The van der Waals surface area contributed by atoms with Crippen molar-refractivity contribution < 1.29 is 14.3 Å². The lowest BCUT2D eigenvalue weighted by atomic mass is 10.1. The molecule has 2 rings (SSSR count). The van der Waals surface area contributed by atoms with Gasteiger partial charge in [-0.05, 0) is 56.2 Å². The molecular formula is C22H26N2O3. The van der Waals surface area contributed by atoms with E-state index in [1.807, 2.05) is 45.0 Å². The molecule has 0 aliphatic carbocycles. The van der Waals surface area contributed by atoms with Crippen LogP contribution in [0.2, 0.25) is 0 Å². The molecule has 0 radical (unpaired) electrons. The van der Waals surface area contributed by atoms with Gasteiger partial charge in [0.2, 0.25) is 5.91 Å². The maximum atomic E-state index is 12.4. The quantitative estimate of drug-likeness (QED) is 0.686. The van der Waals surface area contributed by atoms with E-state index < -0.39 is 0 Å². The summed E-state index contributed by atoms with van der Waals surface area (Å²) < 4.78 is 5.40. The van der Waals surface area contributed by atoms with E-state index in [0.717, 1.165) is 17.7 Å². The summed E-state index contributed by atoms with van der Waals surface area (Å²) in [5, 5.41) is 5.69. The molecule has 0 aliphatic rings. The molecule has 2 aromatic carbocycles. The zero-order valence-corrected chi connectivity index (χ0v) is 16.0. The molecule has 27 heavy (non-hydrogen) atoms. The Balaban J connectivity index is 2.04. The molecular weight excluding hydrogens is 340 g/mol. The van der Waals surface area contributed by atoms with Crippen LogP contribution in [0.3, 0.4) is 0 Å². The highest BCUT2D eigenvalue weighted by Gasteiger charge is 2.13. The minimum absolute atomic E-state index is 0.0702. The molecule has 2 amide bonds. The number of nitrogens with one attached hydrogen (secondary N) is 2. The fourth-order valence-electron chi connectivity index (χ4n) is 2.38. The summed E-state index contributed by atoms with van der Waals surface area (Å²) in [7, 11) is 0. The Morgan fingerprint density at radius 3 is 2.44 bits per heavy atom. The van der Waals surface area contributed by atoms with Gasteiger partial charge in [-0.2, -0.15) is 0 Å². The standard InChI is InChI=1S/C22H26N2O3/c1-4-16(3)23-22(26)19-8-6-7-9-20(19)24-21(25)15-12-17-10-13-18(14-11-17)27-5-2/h6-16H,4-5H2,1-3H3,(H,23,26)(H,24,25)/b15-12+. The summed E-state index contributed by atoms with van der Waals surface area (Å²) in [5.41, 5.74) is 1.82. The maximum absolute atomic E-state index is 12.4. The first-order valence-electron chi connectivity index (χ1n) is 9.15. The molecule has 0 saturated heterocycles. The highest BCUT2D eigenvalue weighted by Crippen LogP contribution is 2.16. The van der Waals surface area contributed by atoms with Gasteiger partial charge in [-0.15, -0.1) is 0 Å². The highest BCUT2D eigenvalue weighted by molar-refractivity contribution is 6.07. The summed E-state index contributed by atoms with van der Waals surface area (Å²) in [5.74, 6) is 0.295. The molecule has 0 heterocycles. The molecule has 0 aromatic heterocycles. The van der Waals surface area contributed by atoms with E-state index in [4.69, 9.17) is 4.74 Å². The Kier molecular flexibility index (Phi) is 7.62. The van der Waals surface area contributed by atoms with E-state index in [1.165, 1.54) is 6.08 Å². The summed E-state index contributed by atoms with van der Waals surface area (Å²) in [6.45, 7) is 6.49. The van der Waals surface area contributed by atoms with Gasteiger partial charge in [0.05, 0.1) is 17.9 Å². The summed E-state index contributed by atoms with van der Waals surface area (Å²) in [6, 6.07) is 14.5. The van der Waals surface area contributed by atoms with Crippen LogP contribution in [0.15, 0.2) is 54.6 Å². The number of carbonyl (C=O) groups excluding carboxylic acids is 2. The third-order valence-electron chi connectivity index (χ3n) is 4.04. The lowest BCUT2D eigenvalue weighted by Gasteiger charge is -2.14. The fraction of sp³-hybridized carbons (Fsp3) is 0.273. The van der Waals surface area contributed by atoms with Crippen molar-refractivity contribution in [2.75, 3.05) is 11.9 Å². The van der Waals surface area contributed by atoms with Crippen molar-refractivity contribution in [3.8, 4) is 5.75 Å². The predicted molar refractivity (Wildman–Crippen MR) is 109 cm³/mol. The highest BCUT2D eigenvalue weighted by atomic mass is 16.5. The van der Waals surface area contributed by atoms with Crippen molar-refractivity contribution in [3.05, 3.63) is 65.7 Å². The van der Waals surface area contributed by atoms with Gasteiger partial charge < -0.3 is 15.4 Å². The van der Waals surface area contributed by atoms with Crippen LogP contribution in [0.1, 0.15) is 43.1 Å². The van der Waals surface area contributed by atoms with Crippen LogP contribution in [-0.2, 0) is 4.79 Å². The Bertz CT molecular complexity index is 797. The van der Waals surface area contributed by atoms with Crippen LogP contribution in [0.25, 0.3) is 6.08 Å². The molecule has 2 N–H and O–H groups in total. The van der Waals surface area contributed by atoms with Crippen molar-refractivity contribution in [3.63, 3.8) is 0 Å². The molecule has 0 spiro atoms. The van der Waals surface area contributed by atoms with E-state index in [-0.39, 0.29) is 17.9 Å². The number of amides is 2. The number of rotatable bonds is 8. The van der Waals surface area contributed by atoms with Crippen LogP contribution < -0.4 is 15.4 Å². The minimum atomic E-state index is -0.298. The monoisotopic (exact) mass is 366 g/mol. The van der Waals surface area contributed by atoms with E-state index >= 15 is 0 Å². The van der Waals surface area contributed by atoms with E-state index in [9.17, 15) is 9.59 Å². The average Bonchev–Trinajstić information content (AvgIpc) is 2.68. The van der Waals surface area contributed by atoms with Gasteiger partial charge in [0, 0.05) is 12.1 Å². The Morgan fingerprint density at radius 1 is 1.07 bits per heavy atom. The normalized spacial score (nSPS) is 11.8. The number of benzene rings is 2. The fourth-order valence-corrected chi connectivity index (χ4v) is 2.38. The minimum Gasteiger partial charge on any atom is -0.494 e. The second kappa shape index (κ2) is 10.2. The molecule has 0 aliphatic heterocycles. The largest absolute Gasteiger partial charge is 0.494 e. The number of ether oxygens (including phenoxy) is 1. The third kappa shape index (κ3) is 6.29. The third-order valence-corrected chi connectivity index (χ3v) is 4.04. The zero-order chi connectivity index (χ0) is 19.6. The van der Waals surface area contributed by atoms with Crippen LogP contribution in [0, 0.1) is 0 Å². The van der Waals surface area contributed by atoms with Gasteiger partial charge >= 0.3 is 0 Å². The topological polar surface area (TPSA) is 67.4 Å². The molecule has 5 nitrogen and oxygen atoms in total. The molecule has 1 unspecified atom stereocenters. The van der Waals surface area contributed by atoms with Crippen molar-refractivity contribution >= 4 is 23.6 Å². The first kappa shape index (κ1) is 20.2. The van der Waals surface area contributed by atoms with Crippen LogP contribution in [0.5, 0.6) is 5.75 Å². The first-order valence-corrected chi connectivity index (χ1v) is 9.15. The molecule has 0 bridgehead atoms. The van der Waals surface area contributed by atoms with Gasteiger partial charge in [0.1, 0.15) is 5.75 Å². The number of hydrogen-bond donors (Lipinski definition) is 2. The second-order valence-corrected chi connectivity index (χ2v) is 6.15. The average molecular weight is 366 g/mol. The molecule has 5 heteroatoms. The molecule has 1 atom stereocenters. The van der Waals surface area contributed by atoms with Gasteiger partial charge in [-0.1, -0.05) is 31.2 Å². The van der Waals surface area contributed by atoms with Gasteiger partial charge in [0.15, 0.2) is 0 Å². The maximum Gasteiger partial charge on any atom is 0.253 e. The van der Waals surface area contributed by atoms with Gasteiger partial charge in [0.25, 0.3) is 5.91 Å². The van der Waals surface area contributed by atoms with Crippen molar-refractivity contribution in [2.45, 2.75) is 33.2 Å². The number of hydrogen-bond acceptors (Lipinski definition) is 3. The summed E-state index contributed by atoms with van der Waals surface area (Å²) in [4.78, 5) is 24.6.